The molecule has 1 aliphatic heterocycles. The fourth-order valence-corrected chi connectivity index (χ4v) is 3.70. The zero-order valence-electron chi connectivity index (χ0n) is 15.8. The van der Waals surface area contributed by atoms with E-state index < -0.39 is 29.6 Å². The number of hydrogen-bond acceptors (Lipinski definition) is 2. The second-order valence-corrected chi connectivity index (χ2v) is 7.81. The Hall–Kier alpha value is -2.27. The maximum absolute atomic E-state index is 15.2. The molecule has 3 rings (SSSR count). The van der Waals surface area contributed by atoms with E-state index in [1.54, 1.807) is 25.1 Å². The standard InChI is InChI=1S/C22H25F2NO2/c1-14-18(23)13-25(21(26)22(2,3)27)19(14)12-16-10-7-11-17(20(16)24)15-8-5-4-6-9-15/h4-11,14,18-19,27H,12-13H2,1-3H3/t14-,18-,19-/m0/s1. The lowest BCUT2D eigenvalue weighted by atomic mass is 9.92. The number of rotatable bonds is 4. The molecule has 144 valence electrons. The van der Waals surface area contributed by atoms with Gasteiger partial charge >= 0.3 is 0 Å². The zero-order chi connectivity index (χ0) is 19.8. The molecule has 1 N–H and O–H groups in total. The second kappa shape index (κ2) is 7.39. The summed E-state index contributed by atoms with van der Waals surface area (Å²) in [5.41, 5.74) is 0.0998. The first kappa shape index (κ1) is 19.5. The molecule has 0 unspecified atom stereocenters. The van der Waals surface area contributed by atoms with Crippen molar-refractivity contribution in [2.75, 3.05) is 6.54 Å². The number of likely N-dealkylation sites (tertiary alicyclic amines) is 1. The van der Waals surface area contributed by atoms with Crippen LogP contribution in [-0.4, -0.2) is 40.3 Å². The summed E-state index contributed by atoms with van der Waals surface area (Å²) in [6.07, 6.45) is -0.989. The summed E-state index contributed by atoms with van der Waals surface area (Å²) in [5.74, 6) is -1.32. The van der Waals surface area contributed by atoms with Crippen molar-refractivity contribution < 1.29 is 18.7 Å². The van der Waals surface area contributed by atoms with Crippen molar-refractivity contribution in [3.05, 3.63) is 59.9 Å². The Balaban J connectivity index is 1.92. The number of amides is 1. The molecule has 0 radical (unpaired) electrons. The number of benzene rings is 2. The predicted octanol–water partition coefficient (Wildman–Crippen LogP) is 3.99. The lowest BCUT2D eigenvalue weighted by Crippen LogP contribution is -2.49. The first-order chi connectivity index (χ1) is 12.7. The minimum Gasteiger partial charge on any atom is -0.381 e. The number of carbonyl (C=O) groups is 1. The van der Waals surface area contributed by atoms with E-state index in [9.17, 15) is 14.3 Å². The number of nitrogens with zero attached hydrogens (tertiary/aromatic N) is 1. The van der Waals surface area contributed by atoms with Crippen LogP contribution in [0.3, 0.4) is 0 Å². The Morgan fingerprint density at radius 3 is 2.48 bits per heavy atom. The number of hydrogen-bond donors (Lipinski definition) is 1. The van der Waals surface area contributed by atoms with Crippen LogP contribution in [0.25, 0.3) is 11.1 Å². The summed E-state index contributed by atoms with van der Waals surface area (Å²) < 4.78 is 29.5. The van der Waals surface area contributed by atoms with Gasteiger partial charge in [0.25, 0.3) is 5.91 Å². The van der Waals surface area contributed by atoms with Gasteiger partial charge in [-0.05, 0) is 31.4 Å². The van der Waals surface area contributed by atoms with E-state index in [0.29, 0.717) is 11.1 Å². The topological polar surface area (TPSA) is 40.5 Å². The molecule has 3 nitrogen and oxygen atoms in total. The Morgan fingerprint density at radius 2 is 1.85 bits per heavy atom. The maximum Gasteiger partial charge on any atom is 0.254 e. The Labute approximate surface area is 158 Å². The van der Waals surface area contributed by atoms with Crippen LogP contribution < -0.4 is 0 Å². The first-order valence-electron chi connectivity index (χ1n) is 9.20. The van der Waals surface area contributed by atoms with Gasteiger partial charge in [0.2, 0.25) is 0 Å². The Kier molecular flexibility index (Phi) is 5.33. The van der Waals surface area contributed by atoms with E-state index in [0.717, 1.165) is 5.56 Å². The highest BCUT2D eigenvalue weighted by atomic mass is 19.1. The minimum atomic E-state index is -1.59. The van der Waals surface area contributed by atoms with Gasteiger partial charge in [-0.15, -0.1) is 0 Å². The lowest BCUT2D eigenvalue weighted by Gasteiger charge is -2.31. The van der Waals surface area contributed by atoms with Gasteiger partial charge in [0.15, 0.2) is 0 Å². The smallest absolute Gasteiger partial charge is 0.254 e. The van der Waals surface area contributed by atoms with Gasteiger partial charge in [-0.1, -0.05) is 55.5 Å². The molecular weight excluding hydrogens is 348 g/mol. The van der Waals surface area contributed by atoms with Crippen LogP contribution in [0.15, 0.2) is 48.5 Å². The van der Waals surface area contributed by atoms with Crippen molar-refractivity contribution in [2.24, 2.45) is 5.92 Å². The van der Waals surface area contributed by atoms with Gasteiger partial charge in [0, 0.05) is 17.5 Å². The largest absolute Gasteiger partial charge is 0.381 e. The third-order valence-electron chi connectivity index (χ3n) is 5.33. The Morgan fingerprint density at radius 1 is 1.19 bits per heavy atom. The zero-order valence-corrected chi connectivity index (χ0v) is 15.8. The van der Waals surface area contributed by atoms with Crippen molar-refractivity contribution in [3.8, 4) is 11.1 Å². The van der Waals surface area contributed by atoms with E-state index in [-0.39, 0.29) is 18.8 Å². The van der Waals surface area contributed by atoms with Gasteiger partial charge < -0.3 is 10.0 Å². The molecule has 0 bridgehead atoms. The fraction of sp³-hybridized carbons (Fsp3) is 0.409. The van der Waals surface area contributed by atoms with Crippen LogP contribution in [0.1, 0.15) is 26.3 Å². The molecule has 2 aromatic carbocycles. The third-order valence-corrected chi connectivity index (χ3v) is 5.33. The monoisotopic (exact) mass is 373 g/mol. The molecular formula is C22H25F2NO2. The van der Waals surface area contributed by atoms with E-state index in [2.05, 4.69) is 0 Å². The number of aliphatic hydroxyl groups is 1. The molecule has 1 saturated heterocycles. The molecule has 3 atom stereocenters. The van der Waals surface area contributed by atoms with Crippen LogP contribution in [0, 0.1) is 11.7 Å². The average Bonchev–Trinajstić information content (AvgIpc) is 2.91. The van der Waals surface area contributed by atoms with E-state index in [1.807, 2.05) is 30.3 Å². The molecule has 1 amide bonds. The molecule has 0 aliphatic carbocycles. The summed E-state index contributed by atoms with van der Waals surface area (Å²) in [4.78, 5) is 13.9. The van der Waals surface area contributed by atoms with Crippen molar-refractivity contribution >= 4 is 5.91 Å². The molecule has 27 heavy (non-hydrogen) atoms. The normalized spacial score (nSPS) is 22.9. The van der Waals surface area contributed by atoms with Gasteiger partial charge in [0.1, 0.15) is 17.6 Å². The second-order valence-electron chi connectivity index (χ2n) is 7.81. The van der Waals surface area contributed by atoms with Crippen LogP contribution in [-0.2, 0) is 11.2 Å². The highest BCUT2D eigenvalue weighted by molar-refractivity contribution is 5.84. The number of carbonyl (C=O) groups excluding carboxylic acids is 1. The predicted molar refractivity (Wildman–Crippen MR) is 101 cm³/mol. The maximum atomic E-state index is 15.2. The molecule has 2 aromatic rings. The quantitative estimate of drug-likeness (QED) is 0.880. The van der Waals surface area contributed by atoms with Gasteiger partial charge in [-0.3, -0.25) is 4.79 Å². The molecule has 0 spiro atoms. The average molecular weight is 373 g/mol. The van der Waals surface area contributed by atoms with Crippen LogP contribution in [0.5, 0.6) is 0 Å². The van der Waals surface area contributed by atoms with Crippen LogP contribution in [0.2, 0.25) is 0 Å². The third kappa shape index (κ3) is 3.88. The molecule has 5 heteroatoms. The highest BCUT2D eigenvalue weighted by Gasteiger charge is 2.45. The minimum absolute atomic E-state index is 0.0748. The van der Waals surface area contributed by atoms with Gasteiger partial charge in [0.05, 0.1) is 6.54 Å². The van der Waals surface area contributed by atoms with E-state index >= 15 is 4.39 Å². The molecule has 1 aliphatic rings. The van der Waals surface area contributed by atoms with E-state index in [1.165, 1.54) is 18.7 Å². The van der Waals surface area contributed by atoms with Crippen molar-refractivity contribution in [1.82, 2.24) is 4.90 Å². The summed E-state index contributed by atoms with van der Waals surface area (Å²) in [6, 6.07) is 13.9. The molecule has 0 saturated carbocycles. The van der Waals surface area contributed by atoms with E-state index in [4.69, 9.17) is 0 Å². The SMILES string of the molecule is C[C@H]1[C@@H](F)CN(C(=O)C(C)(C)O)[C@H]1Cc1cccc(-c2ccccc2)c1F. The molecule has 1 fully saturated rings. The van der Waals surface area contributed by atoms with Crippen molar-refractivity contribution in [3.63, 3.8) is 0 Å². The fourth-order valence-electron chi connectivity index (χ4n) is 3.70. The molecule has 1 heterocycles. The van der Waals surface area contributed by atoms with Gasteiger partial charge in [-0.25, -0.2) is 8.78 Å². The summed E-state index contributed by atoms with van der Waals surface area (Å²) in [7, 11) is 0. The summed E-state index contributed by atoms with van der Waals surface area (Å²) in [5, 5.41) is 10.1. The number of alkyl halides is 1. The van der Waals surface area contributed by atoms with Crippen LogP contribution >= 0.6 is 0 Å². The van der Waals surface area contributed by atoms with Gasteiger partial charge in [-0.2, -0.15) is 0 Å². The van der Waals surface area contributed by atoms with Crippen molar-refractivity contribution in [2.45, 2.75) is 45.0 Å². The molecule has 0 aromatic heterocycles. The van der Waals surface area contributed by atoms with Crippen molar-refractivity contribution in [1.29, 1.82) is 0 Å². The lowest BCUT2D eigenvalue weighted by molar-refractivity contribution is -0.149. The highest BCUT2D eigenvalue weighted by Crippen LogP contribution is 2.33. The van der Waals surface area contributed by atoms with Crippen LogP contribution in [0.4, 0.5) is 8.78 Å². The summed E-state index contributed by atoms with van der Waals surface area (Å²) >= 11 is 0. The summed E-state index contributed by atoms with van der Waals surface area (Å²) in [6.45, 7) is 4.43. The number of halogens is 2. The Bertz CT molecular complexity index is 817. The first-order valence-corrected chi connectivity index (χ1v) is 9.20.